The topological polar surface area (TPSA) is 68.7 Å². The standard InChI is InChI=1S/C25H30BrFN2O4/c1-14(2)32-22(30)19-20-18(25(6,7)13-29(20)23(31)33-24(3,4)5)17(21(26)28-19)12-15-8-10-16(27)11-9-15/h8-11,14H,12-13H2,1-7H3. The van der Waals surface area contributed by atoms with Gasteiger partial charge in [-0.15, -0.1) is 0 Å². The van der Waals surface area contributed by atoms with Crippen molar-refractivity contribution in [2.75, 3.05) is 11.4 Å². The molecular formula is C25H30BrFN2O4. The van der Waals surface area contributed by atoms with Crippen molar-refractivity contribution in [3.05, 3.63) is 57.1 Å². The first-order chi connectivity index (χ1) is 15.2. The molecule has 0 unspecified atom stereocenters. The van der Waals surface area contributed by atoms with Crippen LogP contribution in [0.4, 0.5) is 14.9 Å². The molecule has 178 valence electrons. The van der Waals surface area contributed by atoms with Crippen molar-refractivity contribution >= 4 is 33.7 Å². The largest absolute Gasteiger partial charge is 0.458 e. The van der Waals surface area contributed by atoms with Gasteiger partial charge in [0.05, 0.1) is 11.8 Å². The molecule has 0 saturated carbocycles. The van der Waals surface area contributed by atoms with E-state index in [4.69, 9.17) is 9.47 Å². The molecule has 1 aliphatic rings. The zero-order valence-corrected chi connectivity index (χ0v) is 21.7. The number of ether oxygens (including phenoxy) is 2. The summed E-state index contributed by atoms with van der Waals surface area (Å²) in [6.07, 6.45) is -0.455. The third-order valence-corrected chi connectivity index (χ3v) is 5.82. The first-order valence-electron chi connectivity index (χ1n) is 10.9. The number of fused-ring (bicyclic) bond motifs is 1. The number of carbonyl (C=O) groups is 2. The van der Waals surface area contributed by atoms with Crippen LogP contribution in [0.1, 0.15) is 75.6 Å². The molecule has 0 radical (unpaired) electrons. The molecule has 0 bridgehead atoms. The van der Waals surface area contributed by atoms with Crippen molar-refractivity contribution in [1.82, 2.24) is 4.98 Å². The Bertz CT molecular complexity index is 1080. The molecule has 3 rings (SSSR count). The van der Waals surface area contributed by atoms with Gasteiger partial charge in [0.1, 0.15) is 16.0 Å². The maximum absolute atomic E-state index is 13.4. The zero-order chi connectivity index (χ0) is 24.7. The van der Waals surface area contributed by atoms with Gasteiger partial charge in [-0.2, -0.15) is 0 Å². The molecule has 0 fully saturated rings. The van der Waals surface area contributed by atoms with Gasteiger partial charge in [0.25, 0.3) is 0 Å². The Morgan fingerprint density at radius 2 is 1.82 bits per heavy atom. The Labute approximate surface area is 202 Å². The highest BCUT2D eigenvalue weighted by atomic mass is 79.9. The normalized spacial score (nSPS) is 14.9. The number of nitrogens with zero attached hydrogens (tertiary/aromatic N) is 2. The number of anilines is 1. The molecule has 0 spiro atoms. The molecule has 33 heavy (non-hydrogen) atoms. The zero-order valence-electron chi connectivity index (χ0n) is 20.1. The van der Waals surface area contributed by atoms with E-state index in [0.29, 0.717) is 23.3 Å². The molecule has 0 aliphatic carbocycles. The summed E-state index contributed by atoms with van der Waals surface area (Å²) >= 11 is 3.54. The first kappa shape index (κ1) is 25.1. The highest BCUT2D eigenvalue weighted by molar-refractivity contribution is 9.10. The second kappa shape index (κ2) is 9.05. The second-order valence-corrected chi connectivity index (χ2v) is 10.9. The lowest BCUT2D eigenvalue weighted by Gasteiger charge is -2.26. The smallest absolute Gasteiger partial charge is 0.414 e. The van der Waals surface area contributed by atoms with E-state index >= 15 is 0 Å². The molecule has 8 heteroatoms. The van der Waals surface area contributed by atoms with Gasteiger partial charge in [-0.25, -0.2) is 19.0 Å². The minimum absolute atomic E-state index is 0.0601. The maximum Gasteiger partial charge on any atom is 0.414 e. The van der Waals surface area contributed by atoms with E-state index in [1.807, 2.05) is 13.8 Å². The summed E-state index contributed by atoms with van der Waals surface area (Å²) in [5.74, 6) is -0.925. The van der Waals surface area contributed by atoms with E-state index in [0.717, 1.165) is 16.7 Å². The van der Waals surface area contributed by atoms with Gasteiger partial charge in [0, 0.05) is 18.4 Å². The number of esters is 1. The molecule has 6 nitrogen and oxygen atoms in total. The van der Waals surface area contributed by atoms with Crippen LogP contribution in [0.15, 0.2) is 28.9 Å². The van der Waals surface area contributed by atoms with Gasteiger partial charge in [-0.1, -0.05) is 26.0 Å². The highest BCUT2D eigenvalue weighted by Gasteiger charge is 2.45. The number of hydrogen-bond donors (Lipinski definition) is 0. The number of aromatic nitrogens is 1. The maximum atomic E-state index is 13.4. The van der Waals surface area contributed by atoms with Crippen LogP contribution < -0.4 is 4.90 Å². The van der Waals surface area contributed by atoms with E-state index in [9.17, 15) is 14.0 Å². The molecule has 2 heterocycles. The molecular weight excluding hydrogens is 491 g/mol. The minimum atomic E-state index is -0.706. The van der Waals surface area contributed by atoms with Crippen LogP contribution >= 0.6 is 15.9 Å². The van der Waals surface area contributed by atoms with E-state index in [-0.39, 0.29) is 17.6 Å². The fraction of sp³-hybridized carbons (Fsp3) is 0.480. The summed E-state index contributed by atoms with van der Waals surface area (Å²) in [7, 11) is 0. The molecule has 0 atom stereocenters. The lowest BCUT2D eigenvalue weighted by atomic mass is 9.82. The summed E-state index contributed by atoms with van der Waals surface area (Å²) in [6.45, 7) is 13.2. The average Bonchev–Trinajstić information content (AvgIpc) is 2.95. The lowest BCUT2D eigenvalue weighted by Crippen LogP contribution is -2.39. The predicted molar refractivity (Wildman–Crippen MR) is 128 cm³/mol. The molecule has 1 aromatic heterocycles. The van der Waals surface area contributed by atoms with Crippen molar-refractivity contribution in [2.24, 2.45) is 0 Å². The van der Waals surface area contributed by atoms with E-state index < -0.39 is 23.1 Å². The van der Waals surface area contributed by atoms with Gasteiger partial charge < -0.3 is 9.47 Å². The summed E-state index contributed by atoms with van der Waals surface area (Å²) in [4.78, 5) is 32.2. The molecule has 0 N–H and O–H groups in total. The third-order valence-electron chi connectivity index (χ3n) is 5.17. The van der Waals surface area contributed by atoms with E-state index in [1.54, 1.807) is 46.8 Å². The number of halogens is 2. The van der Waals surface area contributed by atoms with Crippen LogP contribution in [0.2, 0.25) is 0 Å². The van der Waals surface area contributed by atoms with Crippen molar-refractivity contribution in [1.29, 1.82) is 0 Å². The summed E-state index contributed by atoms with van der Waals surface area (Å²) in [5, 5.41) is 0. The van der Waals surface area contributed by atoms with Gasteiger partial charge in [0.2, 0.25) is 0 Å². The number of pyridine rings is 1. The first-order valence-corrected chi connectivity index (χ1v) is 11.7. The Balaban J connectivity index is 2.21. The average molecular weight is 521 g/mol. The SMILES string of the molecule is CC(C)OC(=O)c1nc(Br)c(Cc2ccc(F)cc2)c2c1N(C(=O)OC(C)(C)C)CC2(C)C. The molecule has 1 aliphatic heterocycles. The summed E-state index contributed by atoms with van der Waals surface area (Å²) < 4.78 is 25.0. The molecule has 2 aromatic rings. The second-order valence-electron chi connectivity index (χ2n) is 10.2. The molecule has 1 amide bonds. The lowest BCUT2D eigenvalue weighted by molar-refractivity contribution is 0.0371. The van der Waals surface area contributed by atoms with Crippen molar-refractivity contribution in [3.8, 4) is 0 Å². The summed E-state index contributed by atoms with van der Waals surface area (Å²) in [5.41, 5.74) is 1.78. The van der Waals surface area contributed by atoms with Crippen molar-refractivity contribution < 1.29 is 23.5 Å². The van der Waals surface area contributed by atoms with Gasteiger partial charge in [-0.05, 0) is 79.4 Å². The Morgan fingerprint density at radius 1 is 1.21 bits per heavy atom. The number of benzene rings is 1. The fourth-order valence-electron chi connectivity index (χ4n) is 3.98. The van der Waals surface area contributed by atoms with E-state index in [1.165, 1.54) is 17.0 Å². The molecule has 1 aromatic carbocycles. The predicted octanol–water partition coefficient (Wildman–Crippen LogP) is 6.17. The minimum Gasteiger partial charge on any atom is -0.458 e. The van der Waals surface area contributed by atoms with Crippen LogP contribution in [0, 0.1) is 5.82 Å². The Hall–Kier alpha value is -2.48. The van der Waals surface area contributed by atoms with Crippen LogP contribution in [-0.4, -0.2) is 35.3 Å². The number of hydrogen-bond acceptors (Lipinski definition) is 5. The van der Waals surface area contributed by atoms with Crippen molar-refractivity contribution in [2.45, 2.75) is 72.0 Å². The van der Waals surface area contributed by atoms with Crippen LogP contribution in [0.5, 0.6) is 0 Å². The Kier molecular flexibility index (Phi) is 6.89. The number of carbonyl (C=O) groups excluding carboxylic acids is 2. The van der Waals surface area contributed by atoms with Crippen molar-refractivity contribution in [3.63, 3.8) is 0 Å². The highest BCUT2D eigenvalue weighted by Crippen LogP contribution is 2.47. The number of rotatable bonds is 4. The van der Waals surface area contributed by atoms with Gasteiger partial charge in [-0.3, -0.25) is 4.90 Å². The quantitative estimate of drug-likeness (QED) is 0.356. The fourth-order valence-corrected chi connectivity index (χ4v) is 4.50. The molecule has 0 saturated heterocycles. The van der Waals surface area contributed by atoms with Crippen LogP contribution in [0.25, 0.3) is 0 Å². The summed E-state index contributed by atoms with van der Waals surface area (Å²) in [6, 6.07) is 6.23. The van der Waals surface area contributed by atoms with Crippen LogP contribution in [-0.2, 0) is 21.3 Å². The third kappa shape index (κ3) is 5.54. The Morgan fingerprint density at radius 3 is 2.36 bits per heavy atom. The van der Waals surface area contributed by atoms with E-state index in [2.05, 4.69) is 20.9 Å². The monoisotopic (exact) mass is 520 g/mol. The number of amides is 1. The van der Waals surface area contributed by atoms with Crippen LogP contribution in [0.3, 0.4) is 0 Å². The van der Waals surface area contributed by atoms with Gasteiger partial charge in [0.15, 0.2) is 5.69 Å². The van der Waals surface area contributed by atoms with Gasteiger partial charge >= 0.3 is 12.1 Å².